The number of carbonyl (C=O) groups excluding carboxylic acids is 1. The van der Waals surface area contributed by atoms with E-state index in [1.807, 2.05) is 13.8 Å². The summed E-state index contributed by atoms with van der Waals surface area (Å²) in [5, 5.41) is 11.9. The average molecular weight is 251 g/mol. The minimum Gasteiger partial charge on any atom is -0.397 e. The molecule has 0 fully saturated rings. The predicted molar refractivity (Wildman–Crippen MR) is 71.2 cm³/mol. The van der Waals surface area contributed by atoms with E-state index in [0.717, 1.165) is 0 Å². The SMILES string of the molecule is Cc1ncc(N)cc1C(=O)NC(CCO)C(C)C. The molecule has 1 amide bonds. The number of aromatic nitrogens is 1. The molecule has 1 heterocycles. The molecule has 18 heavy (non-hydrogen) atoms. The van der Waals surface area contributed by atoms with E-state index in [1.54, 1.807) is 13.0 Å². The molecule has 0 saturated heterocycles. The first kappa shape index (κ1) is 14.4. The normalized spacial score (nSPS) is 12.5. The van der Waals surface area contributed by atoms with Crippen molar-refractivity contribution in [2.24, 2.45) is 5.92 Å². The number of anilines is 1. The van der Waals surface area contributed by atoms with Gasteiger partial charge in [0.05, 0.1) is 23.1 Å². The van der Waals surface area contributed by atoms with Gasteiger partial charge in [0.25, 0.3) is 5.91 Å². The zero-order valence-electron chi connectivity index (χ0n) is 11.1. The third kappa shape index (κ3) is 3.70. The molecular formula is C13H21N3O2. The summed E-state index contributed by atoms with van der Waals surface area (Å²) in [6, 6.07) is 1.57. The monoisotopic (exact) mass is 251 g/mol. The maximum atomic E-state index is 12.1. The van der Waals surface area contributed by atoms with Gasteiger partial charge in [-0.1, -0.05) is 13.8 Å². The molecule has 0 radical (unpaired) electrons. The fourth-order valence-corrected chi connectivity index (χ4v) is 1.74. The van der Waals surface area contributed by atoms with Gasteiger partial charge in [-0.05, 0) is 25.3 Å². The van der Waals surface area contributed by atoms with E-state index in [0.29, 0.717) is 23.4 Å². The average Bonchev–Trinajstić information content (AvgIpc) is 2.31. The summed E-state index contributed by atoms with van der Waals surface area (Å²) in [5.74, 6) is 0.0647. The number of nitrogens with zero attached hydrogens (tertiary/aromatic N) is 1. The highest BCUT2D eigenvalue weighted by Gasteiger charge is 2.18. The molecule has 5 nitrogen and oxygen atoms in total. The number of nitrogen functional groups attached to an aromatic ring is 1. The number of hydrogen-bond acceptors (Lipinski definition) is 4. The van der Waals surface area contributed by atoms with E-state index in [9.17, 15) is 4.79 Å². The highest BCUT2D eigenvalue weighted by Crippen LogP contribution is 2.12. The minimum atomic E-state index is -0.195. The van der Waals surface area contributed by atoms with E-state index < -0.39 is 0 Å². The summed E-state index contributed by atoms with van der Waals surface area (Å²) in [6.07, 6.45) is 2.07. The van der Waals surface area contributed by atoms with Gasteiger partial charge >= 0.3 is 0 Å². The summed E-state index contributed by atoms with van der Waals surface area (Å²) in [7, 11) is 0. The van der Waals surface area contributed by atoms with Crippen LogP contribution in [0, 0.1) is 12.8 Å². The van der Waals surface area contributed by atoms with Gasteiger partial charge in [-0.25, -0.2) is 0 Å². The standard InChI is InChI=1S/C13H21N3O2/c1-8(2)12(4-5-17)16-13(18)11-6-10(14)7-15-9(11)3/h6-8,12,17H,4-5,14H2,1-3H3,(H,16,18). The predicted octanol–water partition coefficient (Wildman–Crippen LogP) is 1.11. The van der Waals surface area contributed by atoms with Crippen LogP contribution in [0.15, 0.2) is 12.3 Å². The second-order valence-corrected chi connectivity index (χ2v) is 4.74. The van der Waals surface area contributed by atoms with Crippen LogP contribution < -0.4 is 11.1 Å². The first-order valence-corrected chi connectivity index (χ1v) is 6.09. The highest BCUT2D eigenvalue weighted by atomic mass is 16.3. The van der Waals surface area contributed by atoms with Crippen molar-refractivity contribution in [3.05, 3.63) is 23.5 Å². The van der Waals surface area contributed by atoms with Crippen LogP contribution >= 0.6 is 0 Å². The van der Waals surface area contributed by atoms with Crippen LogP contribution in [0.4, 0.5) is 5.69 Å². The Kier molecular flexibility index (Phi) is 5.09. The Morgan fingerprint density at radius 1 is 1.56 bits per heavy atom. The molecule has 1 aromatic heterocycles. The minimum absolute atomic E-state index is 0.0525. The summed E-state index contributed by atoms with van der Waals surface area (Å²) in [4.78, 5) is 16.2. The maximum absolute atomic E-state index is 12.1. The van der Waals surface area contributed by atoms with Gasteiger partial charge < -0.3 is 16.2 Å². The number of aliphatic hydroxyl groups is 1. The second-order valence-electron chi connectivity index (χ2n) is 4.74. The Bertz CT molecular complexity index is 419. The Hall–Kier alpha value is -1.62. The summed E-state index contributed by atoms with van der Waals surface area (Å²) >= 11 is 0. The van der Waals surface area contributed by atoms with Crippen molar-refractivity contribution in [2.45, 2.75) is 33.2 Å². The number of nitrogens with two attached hydrogens (primary N) is 1. The molecule has 1 rings (SSSR count). The number of rotatable bonds is 5. The lowest BCUT2D eigenvalue weighted by molar-refractivity contribution is 0.0915. The number of nitrogens with one attached hydrogen (secondary N) is 1. The van der Waals surface area contributed by atoms with Gasteiger partial charge in [-0.15, -0.1) is 0 Å². The molecule has 0 saturated carbocycles. The lowest BCUT2D eigenvalue weighted by Gasteiger charge is -2.21. The summed E-state index contributed by atoms with van der Waals surface area (Å²) < 4.78 is 0. The van der Waals surface area contributed by atoms with Crippen molar-refractivity contribution in [3.8, 4) is 0 Å². The van der Waals surface area contributed by atoms with Crippen molar-refractivity contribution in [2.75, 3.05) is 12.3 Å². The van der Waals surface area contributed by atoms with Crippen LogP contribution in [0.3, 0.4) is 0 Å². The van der Waals surface area contributed by atoms with E-state index >= 15 is 0 Å². The molecule has 100 valence electrons. The molecule has 0 aliphatic carbocycles. The summed E-state index contributed by atoms with van der Waals surface area (Å²) in [6.45, 7) is 5.83. The van der Waals surface area contributed by atoms with Gasteiger partial charge in [-0.2, -0.15) is 0 Å². The third-order valence-electron chi connectivity index (χ3n) is 2.91. The van der Waals surface area contributed by atoms with Gasteiger partial charge in [0.2, 0.25) is 0 Å². The molecule has 5 heteroatoms. The van der Waals surface area contributed by atoms with Crippen molar-refractivity contribution in [3.63, 3.8) is 0 Å². The van der Waals surface area contributed by atoms with Crippen LogP contribution in [0.1, 0.15) is 36.3 Å². The molecule has 4 N–H and O–H groups in total. The topological polar surface area (TPSA) is 88.2 Å². The third-order valence-corrected chi connectivity index (χ3v) is 2.91. The van der Waals surface area contributed by atoms with Crippen LogP contribution in [-0.4, -0.2) is 28.6 Å². The smallest absolute Gasteiger partial charge is 0.253 e. The van der Waals surface area contributed by atoms with Crippen LogP contribution in [-0.2, 0) is 0 Å². The van der Waals surface area contributed by atoms with E-state index in [4.69, 9.17) is 10.8 Å². The molecule has 1 aromatic rings. The van der Waals surface area contributed by atoms with E-state index in [1.165, 1.54) is 6.20 Å². The highest BCUT2D eigenvalue weighted by molar-refractivity contribution is 5.96. The van der Waals surface area contributed by atoms with Crippen molar-refractivity contribution < 1.29 is 9.90 Å². The van der Waals surface area contributed by atoms with E-state index in [2.05, 4.69) is 10.3 Å². The lowest BCUT2D eigenvalue weighted by atomic mass is 10.0. The molecule has 1 atom stereocenters. The molecule has 0 aliphatic heterocycles. The number of hydrogen-bond donors (Lipinski definition) is 3. The molecular weight excluding hydrogens is 230 g/mol. The van der Waals surface area contributed by atoms with Crippen LogP contribution in [0.25, 0.3) is 0 Å². The number of aliphatic hydroxyl groups excluding tert-OH is 1. The Morgan fingerprint density at radius 3 is 2.78 bits per heavy atom. The van der Waals surface area contributed by atoms with Crippen LogP contribution in [0.5, 0.6) is 0 Å². The quantitative estimate of drug-likeness (QED) is 0.731. The zero-order valence-corrected chi connectivity index (χ0v) is 11.1. The fourth-order valence-electron chi connectivity index (χ4n) is 1.74. The van der Waals surface area contributed by atoms with Gasteiger partial charge in [0, 0.05) is 12.6 Å². The molecule has 1 unspecified atom stereocenters. The van der Waals surface area contributed by atoms with Crippen molar-refractivity contribution in [1.29, 1.82) is 0 Å². The van der Waals surface area contributed by atoms with Gasteiger partial charge in [0.15, 0.2) is 0 Å². The van der Waals surface area contributed by atoms with Gasteiger partial charge in [0.1, 0.15) is 0 Å². The number of aryl methyl sites for hydroxylation is 1. The first-order chi connectivity index (χ1) is 8.45. The number of pyridine rings is 1. The summed E-state index contributed by atoms with van der Waals surface area (Å²) in [5.41, 5.74) is 7.23. The Balaban J connectivity index is 2.83. The Labute approximate surface area is 107 Å². The zero-order chi connectivity index (χ0) is 13.7. The molecule has 0 aromatic carbocycles. The fraction of sp³-hybridized carbons (Fsp3) is 0.538. The maximum Gasteiger partial charge on any atom is 0.253 e. The molecule has 0 aliphatic rings. The largest absolute Gasteiger partial charge is 0.397 e. The number of amides is 1. The van der Waals surface area contributed by atoms with E-state index in [-0.39, 0.29) is 24.5 Å². The molecule has 0 spiro atoms. The second kappa shape index (κ2) is 6.35. The van der Waals surface area contributed by atoms with Crippen molar-refractivity contribution in [1.82, 2.24) is 10.3 Å². The van der Waals surface area contributed by atoms with Gasteiger partial charge in [-0.3, -0.25) is 9.78 Å². The number of carbonyl (C=O) groups is 1. The Morgan fingerprint density at radius 2 is 2.22 bits per heavy atom. The molecule has 0 bridgehead atoms. The van der Waals surface area contributed by atoms with Crippen molar-refractivity contribution >= 4 is 11.6 Å². The lowest BCUT2D eigenvalue weighted by Crippen LogP contribution is -2.39. The van der Waals surface area contributed by atoms with Crippen LogP contribution in [0.2, 0.25) is 0 Å². The first-order valence-electron chi connectivity index (χ1n) is 6.09.